The fourth-order valence-electron chi connectivity index (χ4n) is 2.89. The highest BCUT2D eigenvalue weighted by Crippen LogP contribution is 2.43. The van der Waals surface area contributed by atoms with Gasteiger partial charge in [0.05, 0.1) is 17.7 Å². The number of ether oxygens (including phenoxy) is 1. The quantitative estimate of drug-likeness (QED) is 0.808. The van der Waals surface area contributed by atoms with Gasteiger partial charge in [-0.25, -0.2) is 0 Å². The molecule has 2 rings (SSSR count). The normalized spacial score (nSPS) is 26.8. The van der Waals surface area contributed by atoms with Gasteiger partial charge in [0.15, 0.2) is 0 Å². The Morgan fingerprint density at radius 3 is 2.58 bits per heavy atom. The average molecular weight is 283 g/mol. The van der Waals surface area contributed by atoms with Gasteiger partial charge < -0.3 is 9.84 Å². The molecule has 1 unspecified atom stereocenters. The number of methoxy groups -OCH3 is 1. The summed E-state index contributed by atoms with van der Waals surface area (Å²) in [4.78, 5) is 0. The van der Waals surface area contributed by atoms with Crippen LogP contribution in [0.25, 0.3) is 0 Å². The SMILES string of the molecule is COc1cc(C2(O)CCCC(C)(C)CC2)ccc1Cl. The highest BCUT2D eigenvalue weighted by molar-refractivity contribution is 6.32. The van der Waals surface area contributed by atoms with Crippen LogP contribution < -0.4 is 4.74 Å². The summed E-state index contributed by atoms with van der Waals surface area (Å²) < 4.78 is 5.25. The Morgan fingerprint density at radius 1 is 1.16 bits per heavy atom. The van der Waals surface area contributed by atoms with Crippen LogP contribution in [-0.2, 0) is 5.60 Å². The zero-order valence-corrected chi connectivity index (χ0v) is 12.8. The van der Waals surface area contributed by atoms with E-state index < -0.39 is 5.60 Å². The van der Waals surface area contributed by atoms with Crippen molar-refractivity contribution in [1.29, 1.82) is 0 Å². The minimum Gasteiger partial charge on any atom is -0.495 e. The van der Waals surface area contributed by atoms with E-state index in [1.54, 1.807) is 7.11 Å². The lowest BCUT2D eigenvalue weighted by Crippen LogP contribution is -2.25. The molecule has 0 saturated heterocycles. The molecule has 0 aliphatic heterocycles. The van der Waals surface area contributed by atoms with Crippen molar-refractivity contribution in [1.82, 2.24) is 0 Å². The number of benzene rings is 1. The number of hydrogen-bond donors (Lipinski definition) is 1. The third-order valence-corrected chi connectivity index (χ3v) is 4.66. The summed E-state index contributed by atoms with van der Waals surface area (Å²) in [5.74, 6) is 0.635. The Labute approximate surface area is 120 Å². The molecule has 1 aliphatic carbocycles. The van der Waals surface area contributed by atoms with Crippen LogP contribution in [0, 0.1) is 5.41 Å². The third-order valence-electron chi connectivity index (χ3n) is 4.35. The van der Waals surface area contributed by atoms with E-state index in [0.29, 0.717) is 16.2 Å². The molecule has 1 aliphatic rings. The van der Waals surface area contributed by atoms with Crippen LogP contribution in [0.1, 0.15) is 51.5 Å². The van der Waals surface area contributed by atoms with Crippen LogP contribution >= 0.6 is 11.6 Å². The van der Waals surface area contributed by atoms with E-state index in [1.807, 2.05) is 18.2 Å². The molecule has 0 radical (unpaired) electrons. The van der Waals surface area contributed by atoms with E-state index in [-0.39, 0.29) is 0 Å². The van der Waals surface area contributed by atoms with Crippen molar-refractivity contribution >= 4 is 11.6 Å². The van der Waals surface area contributed by atoms with Gasteiger partial charge in [0, 0.05) is 0 Å². The molecule has 1 aromatic rings. The van der Waals surface area contributed by atoms with Gasteiger partial charge in [0.25, 0.3) is 0 Å². The highest BCUT2D eigenvalue weighted by Gasteiger charge is 2.35. The first kappa shape index (κ1) is 14.7. The van der Waals surface area contributed by atoms with Gasteiger partial charge in [-0.2, -0.15) is 0 Å². The summed E-state index contributed by atoms with van der Waals surface area (Å²) >= 11 is 6.05. The largest absolute Gasteiger partial charge is 0.495 e. The predicted octanol–water partition coefficient (Wildman–Crippen LogP) is 4.53. The molecule has 0 bridgehead atoms. The maximum atomic E-state index is 11.0. The second-order valence-corrected chi connectivity index (χ2v) is 6.81. The summed E-state index contributed by atoms with van der Waals surface area (Å²) in [6.07, 6.45) is 4.86. The molecule has 3 heteroatoms. The number of halogens is 1. The van der Waals surface area contributed by atoms with Gasteiger partial charge in [-0.1, -0.05) is 31.5 Å². The minimum absolute atomic E-state index is 0.320. The smallest absolute Gasteiger partial charge is 0.137 e. The Bertz CT molecular complexity index is 456. The number of rotatable bonds is 2. The molecule has 19 heavy (non-hydrogen) atoms. The van der Waals surface area contributed by atoms with Crippen LogP contribution in [0.4, 0.5) is 0 Å². The van der Waals surface area contributed by atoms with Gasteiger partial charge in [-0.3, -0.25) is 0 Å². The molecule has 1 fully saturated rings. The molecule has 0 spiro atoms. The van der Waals surface area contributed by atoms with Crippen molar-refractivity contribution in [2.75, 3.05) is 7.11 Å². The minimum atomic E-state index is -0.744. The van der Waals surface area contributed by atoms with Gasteiger partial charge >= 0.3 is 0 Å². The molecule has 0 amide bonds. The van der Waals surface area contributed by atoms with Crippen LogP contribution in [0.3, 0.4) is 0 Å². The maximum absolute atomic E-state index is 11.0. The molecule has 0 heterocycles. The fourth-order valence-corrected chi connectivity index (χ4v) is 3.09. The standard InChI is InChI=1S/C16H23ClO2/c1-15(2)7-4-8-16(18,10-9-15)12-5-6-13(17)14(11-12)19-3/h5-6,11,18H,4,7-10H2,1-3H3. The van der Waals surface area contributed by atoms with Crippen molar-refractivity contribution < 1.29 is 9.84 Å². The molecule has 1 atom stereocenters. The number of hydrogen-bond acceptors (Lipinski definition) is 2. The van der Waals surface area contributed by atoms with Crippen LogP contribution in [0.5, 0.6) is 5.75 Å². The summed E-state index contributed by atoms with van der Waals surface area (Å²) in [6.45, 7) is 4.56. The number of aliphatic hydroxyl groups is 1. The van der Waals surface area contributed by atoms with Gasteiger partial charge in [-0.15, -0.1) is 0 Å². The second kappa shape index (κ2) is 5.34. The second-order valence-electron chi connectivity index (χ2n) is 6.40. The van der Waals surface area contributed by atoms with Crippen molar-refractivity contribution in [3.63, 3.8) is 0 Å². The Morgan fingerprint density at radius 2 is 1.89 bits per heavy atom. The molecule has 1 aromatic carbocycles. The molecular formula is C16H23ClO2. The van der Waals surface area contributed by atoms with E-state index in [1.165, 1.54) is 6.42 Å². The zero-order valence-electron chi connectivity index (χ0n) is 12.0. The fraction of sp³-hybridized carbons (Fsp3) is 0.625. The highest BCUT2D eigenvalue weighted by atomic mass is 35.5. The summed E-state index contributed by atoms with van der Waals surface area (Å²) in [5.41, 5.74) is 0.499. The average Bonchev–Trinajstić information content (AvgIpc) is 2.50. The van der Waals surface area contributed by atoms with Crippen LogP contribution in [-0.4, -0.2) is 12.2 Å². The molecular weight excluding hydrogens is 260 g/mol. The van der Waals surface area contributed by atoms with Crippen molar-refractivity contribution in [2.24, 2.45) is 5.41 Å². The molecule has 1 saturated carbocycles. The lowest BCUT2D eigenvalue weighted by atomic mass is 9.82. The third kappa shape index (κ3) is 3.24. The van der Waals surface area contributed by atoms with Gasteiger partial charge in [-0.05, 0) is 55.2 Å². The van der Waals surface area contributed by atoms with Gasteiger partial charge in [0.1, 0.15) is 5.75 Å². The monoisotopic (exact) mass is 282 g/mol. The first-order valence-corrected chi connectivity index (χ1v) is 7.31. The lowest BCUT2D eigenvalue weighted by molar-refractivity contribution is 0.0178. The van der Waals surface area contributed by atoms with E-state index in [4.69, 9.17) is 16.3 Å². The summed E-state index contributed by atoms with van der Waals surface area (Å²) in [7, 11) is 1.60. The summed E-state index contributed by atoms with van der Waals surface area (Å²) in [6, 6.07) is 5.60. The van der Waals surface area contributed by atoms with Crippen LogP contribution in [0.15, 0.2) is 18.2 Å². The van der Waals surface area contributed by atoms with E-state index >= 15 is 0 Å². The molecule has 1 N–H and O–H groups in total. The molecule has 0 aromatic heterocycles. The molecule has 2 nitrogen and oxygen atoms in total. The predicted molar refractivity (Wildman–Crippen MR) is 78.8 cm³/mol. The lowest BCUT2D eigenvalue weighted by Gasteiger charge is -2.29. The Hall–Kier alpha value is -0.730. The van der Waals surface area contributed by atoms with Crippen molar-refractivity contribution in [3.05, 3.63) is 28.8 Å². The Balaban J connectivity index is 2.29. The van der Waals surface area contributed by atoms with E-state index in [9.17, 15) is 5.11 Å². The van der Waals surface area contributed by atoms with E-state index in [0.717, 1.165) is 31.2 Å². The first-order chi connectivity index (χ1) is 8.86. The topological polar surface area (TPSA) is 29.5 Å². The van der Waals surface area contributed by atoms with Crippen molar-refractivity contribution in [3.8, 4) is 5.75 Å². The van der Waals surface area contributed by atoms with Gasteiger partial charge in [0.2, 0.25) is 0 Å². The van der Waals surface area contributed by atoms with E-state index in [2.05, 4.69) is 13.8 Å². The first-order valence-electron chi connectivity index (χ1n) is 6.93. The zero-order chi connectivity index (χ0) is 14.1. The van der Waals surface area contributed by atoms with Crippen LogP contribution in [0.2, 0.25) is 5.02 Å². The Kier molecular flexibility index (Phi) is 4.12. The summed E-state index contributed by atoms with van der Waals surface area (Å²) in [5, 5.41) is 11.6. The maximum Gasteiger partial charge on any atom is 0.137 e. The van der Waals surface area contributed by atoms with Crippen molar-refractivity contribution in [2.45, 2.75) is 51.6 Å². The molecule has 106 valence electrons.